The molecule has 0 aromatic heterocycles. The molecule has 76 valence electrons. The Morgan fingerprint density at radius 3 is 2.62 bits per heavy atom. The molecule has 1 amide bonds. The van der Waals surface area contributed by atoms with Crippen molar-refractivity contribution in [2.75, 3.05) is 13.1 Å². The summed E-state index contributed by atoms with van der Waals surface area (Å²) in [5.41, 5.74) is 0. The molecule has 1 unspecified atom stereocenters. The first-order valence-corrected chi connectivity index (χ1v) is 5.12. The molecule has 3 heteroatoms. The van der Waals surface area contributed by atoms with Crippen LogP contribution in [0.3, 0.4) is 0 Å². The van der Waals surface area contributed by atoms with Crippen molar-refractivity contribution in [2.24, 2.45) is 11.8 Å². The smallest absolute Gasteiger partial charge is 0.224 e. The zero-order valence-electron chi connectivity index (χ0n) is 8.76. The van der Waals surface area contributed by atoms with Crippen LogP contribution in [0.1, 0.15) is 27.2 Å². The number of rotatable bonds is 3. The molecule has 0 aromatic rings. The highest BCUT2D eigenvalue weighted by molar-refractivity contribution is 5.79. The Morgan fingerprint density at radius 1 is 1.46 bits per heavy atom. The lowest BCUT2D eigenvalue weighted by Gasteiger charge is -2.19. The van der Waals surface area contributed by atoms with Crippen LogP contribution in [0.25, 0.3) is 0 Å². The van der Waals surface area contributed by atoms with Gasteiger partial charge in [0.2, 0.25) is 5.91 Å². The molecule has 1 aliphatic rings. The minimum atomic E-state index is 0.196. The lowest BCUT2D eigenvalue weighted by Crippen LogP contribution is -2.40. The maximum atomic E-state index is 11.6. The molecular weight excluding hydrogens is 164 g/mol. The quantitative estimate of drug-likeness (QED) is 0.680. The van der Waals surface area contributed by atoms with Gasteiger partial charge >= 0.3 is 0 Å². The summed E-state index contributed by atoms with van der Waals surface area (Å²) in [5, 5.41) is 6.24. The summed E-state index contributed by atoms with van der Waals surface area (Å²) in [6.07, 6.45) is 0.983. The molecule has 2 atom stereocenters. The number of carbonyl (C=O) groups excluding carboxylic acids is 1. The highest BCUT2D eigenvalue weighted by atomic mass is 16.2. The van der Waals surface area contributed by atoms with Gasteiger partial charge in [0, 0.05) is 12.6 Å². The van der Waals surface area contributed by atoms with Gasteiger partial charge in [-0.2, -0.15) is 0 Å². The van der Waals surface area contributed by atoms with E-state index in [0.717, 1.165) is 19.5 Å². The summed E-state index contributed by atoms with van der Waals surface area (Å²) in [4.78, 5) is 11.6. The third-order valence-corrected chi connectivity index (χ3v) is 2.80. The van der Waals surface area contributed by atoms with Crippen LogP contribution in [0.15, 0.2) is 0 Å². The molecule has 0 aliphatic carbocycles. The lowest BCUT2D eigenvalue weighted by atomic mass is 10.0. The van der Waals surface area contributed by atoms with Crippen LogP contribution >= 0.6 is 0 Å². The molecule has 1 fully saturated rings. The van der Waals surface area contributed by atoms with Crippen LogP contribution in [-0.4, -0.2) is 25.0 Å². The number of hydrogen-bond donors (Lipinski definition) is 2. The van der Waals surface area contributed by atoms with E-state index >= 15 is 0 Å². The largest absolute Gasteiger partial charge is 0.353 e. The van der Waals surface area contributed by atoms with Crippen molar-refractivity contribution < 1.29 is 4.79 Å². The lowest BCUT2D eigenvalue weighted by molar-refractivity contribution is -0.125. The van der Waals surface area contributed by atoms with E-state index in [4.69, 9.17) is 0 Å². The fourth-order valence-corrected chi connectivity index (χ4v) is 1.39. The monoisotopic (exact) mass is 184 g/mol. The summed E-state index contributed by atoms with van der Waals surface area (Å²) >= 11 is 0. The average molecular weight is 184 g/mol. The number of amides is 1. The van der Waals surface area contributed by atoms with Crippen LogP contribution in [0.5, 0.6) is 0 Å². The molecule has 2 N–H and O–H groups in total. The van der Waals surface area contributed by atoms with Gasteiger partial charge < -0.3 is 10.6 Å². The van der Waals surface area contributed by atoms with Crippen molar-refractivity contribution in [3.63, 3.8) is 0 Å². The minimum absolute atomic E-state index is 0.196. The highest BCUT2D eigenvalue weighted by Gasteiger charge is 2.23. The molecule has 0 aromatic carbocycles. The summed E-state index contributed by atoms with van der Waals surface area (Å²) in [6.45, 7) is 8.13. The van der Waals surface area contributed by atoms with Gasteiger partial charge in [-0.3, -0.25) is 4.79 Å². The Balaban J connectivity index is 2.31. The predicted octanol–water partition coefficient (Wildman–Crippen LogP) is 0.757. The molecule has 0 bridgehead atoms. The van der Waals surface area contributed by atoms with Gasteiger partial charge in [0.1, 0.15) is 0 Å². The number of carbonyl (C=O) groups is 1. The Labute approximate surface area is 80.3 Å². The Bertz CT molecular complexity index is 174. The van der Waals surface area contributed by atoms with E-state index in [1.54, 1.807) is 0 Å². The molecule has 13 heavy (non-hydrogen) atoms. The first-order valence-electron chi connectivity index (χ1n) is 5.12. The van der Waals surface area contributed by atoms with Crippen molar-refractivity contribution in [1.82, 2.24) is 10.6 Å². The Morgan fingerprint density at radius 2 is 2.15 bits per heavy atom. The summed E-state index contributed by atoms with van der Waals surface area (Å²) in [5.74, 6) is 0.922. The zero-order valence-corrected chi connectivity index (χ0v) is 8.76. The van der Waals surface area contributed by atoms with E-state index in [9.17, 15) is 4.79 Å². The van der Waals surface area contributed by atoms with Gasteiger partial charge in [-0.25, -0.2) is 0 Å². The molecule has 0 radical (unpaired) electrons. The second kappa shape index (κ2) is 4.61. The maximum absolute atomic E-state index is 11.6. The van der Waals surface area contributed by atoms with Crippen molar-refractivity contribution in [3.8, 4) is 0 Å². The third-order valence-electron chi connectivity index (χ3n) is 2.80. The van der Waals surface area contributed by atoms with Crippen LogP contribution in [0, 0.1) is 11.8 Å². The first kappa shape index (κ1) is 10.5. The van der Waals surface area contributed by atoms with Gasteiger partial charge in [-0.05, 0) is 25.8 Å². The van der Waals surface area contributed by atoms with Gasteiger partial charge in [0.05, 0.1) is 5.92 Å². The fourth-order valence-electron chi connectivity index (χ4n) is 1.39. The van der Waals surface area contributed by atoms with E-state index in [1.807, 2.05) is 0 Å². The molecule has 0 saturated carbocycles. The first-order chi connectivity index (χ1) is 6.11. The average Bonchev–Trinajstić information content (AvgIpc) is 2.55. The van der Waals surface area contributed by atoms with Gasteiger partial charge in [-0.15, -0.1) is 0 Å². The van der Waals surface area contributed by atoms with E-state index in [2.05, 4.69) is 31.4 Å². The standard InChI is InChI=1S/C10H20N2O/c1-7(2)8(3)12-10(13)9-4-5-11-6-9/h7-9,11H,4-6H2,1-3H3,(H,12,13)/t8?,9-/m0/s1. The molecule has 0 spiro atoms. The SMILES string of the molecule is CC(C)C(C)NC(=O)[C@H]1CCNC1. The molecule has 1 saturated heterocycles. The van der Waals surface area contributed by atoms with Gasteiger partial charge in [-0.1, -0.05) is 13.8 Å². The van der Waals surface area contributed by atoms with Gasteiger partial charge in [0.15, 0.2) is 0 Å². The van der Waals surface area contributed by atoms with Crippen molar-refractivity contribution in [3.05, 3.63) is 0 Å². The van der Waals surface area contributed by atoms with Crippen molar-refractivity contribution in [1.29, 1.82) is 0 Å². The molecule has 1 aliphatic heterocycles. The minimum Gasteiger partial charge on any atom is -0.353 e. The summed E-state index contributed by atoms with van der Waals surface area (Å²) in [7, 11) is 0. The van der Waals surface area contributed by atoms with Gasteiger partial charge in [0.25, 0.3) is 0 Å². The van der Waals surface area contributed by atoms with Crippen LogP contribution in [0.2, 0.25) is 0 Å². The zero-order chi connectivity index (χ0) is 9.84. The molecule has 3 nitrogen and oxygen atoms in total. The number of nitrogens with one attached hydrogen (secondary N) is 2. The predicted molar refractivity (Wildman–Crippen MR) is 53.4 cm³/mol. The topological polar surface area (TPSA) is 41.1 Å². The van der Waals surface area contributed by atoms with Crippen molar-refractivity contribution >= 4 is 5.91 Å². The van der Waals surface area contributed by atoms with Crippen LogP contribution in [0.4, 0.5) is 0 Å². The van der Waals surface area contributed by atoms with Crippen molar-refractivity contribution in [2.45, 2.75) is 33.2 Å². The molecule has 1 rings (SSSR count). The summed E-state index contributed by atoms with van der Waals surface area (Å²) in [6, 6.07) is 0.285. The van der Waals surface area contributed by atoms with E-state index < -0.39 is 0 Å². The van der Waals surface area contributed by atoms with Crippen LogP contribution < -0.4 is 10.6 Å². The highest BCUT2D eigenvalue weighted by Crippen LogP contribution is 2.09. The maximum Gasteiger partial charge on any atom is 0.224 e. The number of hydrogen-bond acceptors (Lipinski definition) is 2. The second-order valence-electron chi connectivity index (χ2n) is 4.23. The normalized spacial score (nSPS) is 24.8. The second-order valence-corrected chi connectivity index (χ2v) is 4.23. The van der Waals surface area contributed by atoms with E-state index in [-0.39, 0.29) is 17.9 Å². The van der Waals surface area contributed by atoms with Crippen LogP contribution in [-0.2, 0) is 4.79 Å². The molecule has 1 heterocycles. The fraction of sp³-hybridized carbons (Fsp3) is 0.900. The summed E-state index contributed by atoms with van der Waals surface area (Å²) < 4.78 is 0. The Kier molecular flexibility index (Phi) is 3.72. The van der Waals surface area contributed by atoms with E-state index in [0.29, 0.717) is 5.92 Å². The third kappa shape index (κ3) is 2.99. The van der Waals surface area contributed by atoms with E-state index in [1.165, 1.54) is 0 Å². The molecular formula is C10H20N2O. The Hall–Kier alpha value is -0.570.